The van der Waals surface area contributed by atoms with Crippen molar-refractivity contribution in [2.45, 2.75) is 10.8 Å². The molecule has 100 heavy (non-hydrogen) atoms. The van der Waals surface area contributed by atoms with E-state index in [9.17, 15) is 10.5 Å². The Bertz CT molecular complexity index is 6190. The Morgan fingerprint density at radius 3 is 0.760 bits per heavy atom. The topological polar surface area (TPSA) is 67.3 Å². The van der Waals surface area contributed by atoms with E-state index in [1.165, 1.54) is 0 Å². The predicted molar refractivity (Wildman–Crippen MR) is 408 cm³/mol. The van der Waals surface area contributed by atoms with Gasteiger partial charge in [0.2, 0.25) is 0 Å². The van der Waals surface area contributed by atoms with Gasteiger partial charge >= 0.3 is 0 Å². The van der Waals surface area contributed by atoms with Crippen LogP contribution in [0.25, 0.3) is 132 Å². The molecule has 0 unspecified atom stereocenters. The van der Waals surface area contributed by atoms with E-state index in [1.54, 1.807) is 0 Å². The minimum atomic E-state index is -0.762. The van der Waals surface area contributed by atoms with Gasteiger partial charge in [-0.3, -0.25) is 0 Å². The molecule has 0 spiro atoms. The second-order valence-corrected chi connectivity index (χ2v) is 26.6. The molecule has 0 aliphatic heterocycles. The Labute approximate surface area is 575 Å². The first-order valence-corrected chi connectivity index (χ1v) is 34.2. The lowest BCUT2D eigenvalue weighted by molar-refractivity contribution is 0.769. The third-order valence-electron chi connectivity index (χ3n) is 22.2. The Balaban J connectivity index is 1.04. The molecule has 4 aromatic heterocycles. The summed E-state index contributed by atoms with van der Waals surface area (Å²) in [6.45, 7) is 0. The highest BCUT2D eigenvalue weighted by atomic mass is 15.1. The van der Waals surface area contributed by atoms with Gasteiger partial charge in [-0.25, -0.2) is 0 Å². The highest BCUT2D eigenvalue weighted by molar-refractivity contribution is 6.21. The van der Waals surface area contributed by atoms with Crippen LogP contribution in [-0.2, 0) is 10.8 Å². The summed E-state index contributed by atoms with van der Waals surface area (Å²) in [5.41, 5.74) is 22.5. The lowest BCUT2D eigenvalue weighted by Crippen LogP contribution is -2.28. The molecule has 2 aliphatic rings. The van der Waals surface area contributed by atoms with Gasteiger partial charge in [0.15, 0.2) is 0 Å². The molecule has 6 heteroatoms. The minimum absolute atomic E-state index is 0.240. The molecule has 0 saturated carbocycles. The number of nitrogens with zero attached hydrogens (tertiary/aromatic N) is 6. The van der Waals surface area contributed by atoms with E-state index >= 15 is 0 Å². The average molecular weight is 1270 g/mol. The van der Waals surface area contributed by atoms with E-state index in [4.69, 9.17) is 0 Å². The van der Waals surface area contributed by atoms with Crippen molar-refractivity contribution in [2.75, 3.05) is 0 Å². The molecule has 21 rings (SSSR count). The van der Waals surface area contributed by atoms with Gasteiger partial charge in [-0.05, 0) is 92.0 Å². The van der Waals surface area contributed by atoms with Gasteiger partial charge in [-0.2, -0.15) is 10.5 Å². The standard InChI is InChI=1S/C94H56N6/c95-57-73-74(58-96)90(100-84-52-28-20-42-68(84)70-54-56-78-86(88(70)100)72-44-14-22-46-76(72)94(78,61-33-9-3-10-34-61)62-35-11-4-12-36-62)92(98-81-49-25-17-39-65(81)66-40-18-26-50-82(66)98)91(97-79-47-23-15-37-63(79)64-38-16-24-48-80(64)97)89(73)99-83-51-27-19-41-67(83)69-53-55-77-85(87(69)99)71-43-13-21-45-75(71)93(77,59-29-5-1-6-30-59)60-31-7-2-8-32-60/h1-56H. The molecule has 0 bridgehead atoms. The van der Waals surface area contributed by atoms with Gasteiger partial charge in [0, 0.05) is 54.2 Å². The Kier molecular flexibility index (Phi) is 11.7. The van der Waals surface area contributed by atoms with E-state index in [0.717, 1.165) is 165 Å². The van der Waals surface area contributed by atoms with Gasteiger partial charge in [0.25, 0.3) is 0 Å². The van der Waals surface area contributed by atoms with Crippen LogP contribution in [0.5, 0.6) is 0 Å². The molecule has 19 aromatic rings. The molecular weight excluding hydrogens is 1210 g/mol. The van der Waals surface area contributed by atoms with Crippen molar-refractivity contribution in [1.29, 1.82) is 10.5 Å². The second-order valence-electron chi connectivity index (χ2n) is 26.6. The highest BCUT2D eigenvalue weighted by Gasteiger charge is 2.50. The second kappa shape index (κ2) is 21.0. The first-order valence-electron chi connectivity index (χ1n) is 34.2. The number of rotatable bonds is 8. The monoisotopic (exact) mass is 1270 g/mol. The molecule has 0 atom stereocenters. The van der Waals surface area contributed by atoms with Crippen molar-refractivity contribution in [3.05, 3.63) is 395 Å². The minimum Gasteiger partial charge on any atom is -0.305 e. The number of para-hydroxylation sites is 6. The molecule has 0 saturated heterocycles. The Hall–Kier alpha value is -13.5. The molecule has 2 aliphatic carbocycles. The van der Waals surface area contributed by atoms with Crippen LogP contribution in [-0.4, -0.2) is 18.3 Å². The molecule has 4 heterocycles. The Morgan fingerprint density at radius 1 is 0.210 bits per heavy atom. The van der Waals surface area contributed by atoms with Gasteiger partial charge in [-0.15, -0.1) is 0 Å². The number of aromatic nitrogens is 4. The van der Waals surface area contributed by atoms with Crippen molar-refractivity contribution in [3.8, 4) is 57.1 Å². The summed E-state index contributed by atoms with van der Waals surface area (Å²) in [5, 5.41) is 34.8. The lowest BCUT2D eigenvalue weighted by atomic mass is 9.67. The van der Waals surface area contributed by atoms with Gasteiger partial charge in [-0.1, -0.05) is 303 Å². The molecule has 15 aromatic carbocycles. The summed E-state index contributed by atoms with van der Waals surface area (Å²) in [6.07, 6.45) is 0. The van der Waals surface area contributed by atoms with Crippen LogP contribution < -0.4 is 0 Å². The zero-order chi connectivity index (χ0) is 66.0. The first kappa shape index (κ1) is 55.7. The van der Waals surface area contributed by atoms with Crippen LogP contribution >= 0.6 is 0 Å². The summed E-state index contributed by atoms with van der Waals surface area (Å²) in [5.74, 6) is 0. The number of benzene rings is 15. The van der Waals surface area contributed by atoms with Crippen LogP contribution in [0.4, 0.5) is 0 Å². The third kappa shape index (κ3) is 7.07. The Morgan fingerprint density at radius 2 is 0.460 bits per heavy atom. The quantitative estimate of drug-likeness (QED) is 0.152. The van der Waals surface area contributed by atoms with Gasteiger partial charge < -0.3 is 18.3 Å². The highest BCUT2D eigenvalue weighted by Crippen LogP contribution is 2.62. The molecular formula is C94H56N6. The summed E-state index contributed by atoms with van der Waals surface area (Å²) in [4.78, 5) is 0. The maximum Gasteiger partial charge on any atom is 0.103 e. The summed E-state index contributed by atoms with van der Waals surface area (Å²) in [7, 11) is 0. The molecule has 0 fully saturated rings. The van der Waals surface area contributed by atoms with E-state index in [2.05, 4.69) is 370 Å². The zero-order valence-corrected chi connectivity index (χ0v) is 54.0. The number of hydrogen-bond donors (Lipinski definition) is 0. The summed E-state index contributed by atoms with van der Waals surface area (Å²) >= 11 is 0. The van der Waals surface area contributed by atoms with Crippen molar-refractivity contribution in [1.82, 2.24) is 18.3 Å². The third-order valence-corrected chi connectivity index (χ3v) is 22.2. The fraction of sp³-hybridized carbons (Fsp3) is 0.0213. The van der Waals surface area contributed by atoms with Crippen molar-refractivity contribution in [2.24, 2.45) is 0 Å². The van der Waals surface area contributed by atoms with Crippen molar-refractivity contribution in [3.63, 3.8) is 0 Å². The average Bonchev–Trinajstić information content (AvgIpc) is 1.37. The van der Waals surface area contributed by atoms with Crippen molar-refractivity contribution < 1.29 is 0 Å². The fourth-order valence-corrected chi connectivity index (χ4v) is 18.5. The van der Waals surface area contributed by atoms with E-state index in [0.29, 0.717) is 11.4 Å². The smallest absolute Gasteiger partial charge is 0.103 e. The van der Waals surface area contributed by atoms with E-state index in [-0.39, 0.29) is 11.1 Å². The maximum atomic E-state index is 13.2. The molecule has 462 valence electrons. The van der Waals surface area contributed by atoms with Crippen molar-refractivity contribution >= 4 is 87.2 Å². The predicted octanol–water partition coefficient (Wildman–Crippen LogP) is 22.5. The van der Waals surface area contributed by atoms with E-state index in [1.807, 2.05) is 0 Å². The van der Waals surface area contributed by atoms with Crippen LogP contribution in [0, 0.1) is 22.7 Å². The fourth-order valence-electron chi connectivity index (χ4n) is 18.5. The number of fused-ring (bicyclic) bond motifs is 20. The largest absolute Gasteiger partial charge is 0.305 e. The van der Waals surface area contributed by atoms with Crippen LogP contribution in [0.3, 0.4) is 0 Å². The van der Waals surface area contributed by atoms with Crippen LogP contribution in [0.2, 0.25) is 0 Å². The van der Waals surface area contributed by atoms with Gasteiger partial charge in [0.05, 0.1) is 88.8 Å². The summed E-state index contributed by atoms with van der Waals surface area (Å²) < 4.78 is 9.67. The van der Waals surface area contributed by atoms with Gasteiger partial charge in [0.1, 0.15) is 12.1 Å². The lowest BCUT2D eigenvalue weighted by Gasteiger charge is -2.34. The SMILES string of the molecule is N#Cc1c(C#N)c(-n2c3ccccc3c3ccc4c(c32)-c2ccccc2C4(c2ccccc2)c2ccccc2)c(-n2c3ccccc3c3ccccc32)c(-n2c3ccccc3c3ccccc32)c1-n1c2ccccc2c2ccc3c(c21)-c1ccccc1C3(c1ccccc1)c1ccccc1. The summed E-state index contributed by atoms with van der Waals surface area (Å²) in [6, 6.07) is 129. The van der Waals surface area contributed by atoms with E-state index < -0.39 is 10.8 Å². The normalized spacial score (nSPS) is 13.3. The number of nitriles is 2. The molecule has 0 radical (unpaired) electrons. The zero-order valence-electron chi connectivity index (χ0n) is 54.0. The first-order chi connectivity index (χ1) is 49.6. The molecule has 0 amide bonds. The van der Waals surface area contributed by atoms with Crippen LogP contribution in [0.1, 0.15) is 55.6 Å². The molecule has 6 nitrogen and oxygen atoms in total. The molecule has 0 N–H and O–H groups in total. The van der Waals surface area contributed by atoms with Crippen LogP contribution in [0.15, 0.2) is 340 Å². The number of hydrogen-bond acceptors (Lipinski definition) is 2. The maximum absolute atomic E-state index is 13.2.